The molecule has 0 N–H and O–H groups in total. The molecule has 0 aromatic rings. The summed E-state index contributed by atoms with van der Waals surface area (Å²) in [6, 6.07) is 0. The van der Waals surface area contributed by atoms with E-state index < -0.39 is 0 Å². The van der Waals surface area contributed by atoms with E-state index in [0.717, 1.165) is 6.61 Å². The predicted molar refractivity (Wildman–Crippen MR) is 80.0 cm³/mol. The van der Waals surface area contributed by atoms with Crippen molar-refractivity contribution in [3.8, 4) is 0 Å². The largest absolute Gasteiger partial charge is 0.384 e. The van der Waals surface area contributed by atoms with E-state index in [2.05, 4.69) is 16.7 Å². The van der Waals surface area contributed by atoms with Crippen molar-refractivity contribution in [2.75, 3.05) is 44.9 Å². The molecule has 0 atom stereocenters. The molecule has 2 nitrogen and oxygen atoms in total. The van der Waals surface area contributed by atoms with Gasteiger partial charge in [-0.05, 0) is 12.8 Å². The zero-order chi connectivity index (χ0) is 13.1. The Morgan fingerprint density at radius 1 is 1.06 bits per heavy atom. The lowest BCUT2D eigenvalue weighted by Gasteiger charge is -2.29. The number of rotatable bonds is 4. The molecule has 2 fully saturated rings. The fraction of sp³-hybridized carbons (Fsp3) is 1.00. The molecular formula is C14H31NOS. The van der Waals surface area contributed by atoms with Gasteiger partial charge < -0.3 is 9.64 Å². The van der Waals surface area contributed by atoms with Crippen molar-refractivity contribution in [1.82, 2.24) is 4.90 Å². The first-order valence-corrected chi connectivity index (χ1v) is 8.29. The van der Waals surface area contributed by atoms with E-state index >= 15 is 0 Å². The number of methoxy groups -OCH3 is 1. The van der Waals surface area contributed by atoms with Crippen LogP contribution in [-0.2, 0) is 4.74 Å². The van der Waals surface area contributed by atoms with Crippen molar-refractivity contribution >= 4 is 11.8 Å². The number of thioether (sulfide) groups is 1. The van der Waals surface area contributed by atoms with Crippen LogP contribution in [0.5, 0.6) is 0 Å². The lowest BCUT2D eigenvalue weighted by atomic mass is 10.1. The quantitative estimate of drug-likeness (QED) is 0.768. The van der Waals surface area contributed by atoms with E-state index in [1.807, 2.05) is 34.8 Å². The van der Waals surface area contributed by atoms with Crippen molar-refractivity contribution in [2.45, 2.75) is 40.5 Å². The second kappa shape index (κ2) is 10.2. The molecule has 0 radical (unpaired) electrons. The third kappa shape index (κ3) is 6.68. The minimum Gasteiger partial charge on any atom is -0.384 e. The molecule has 2 aliphatic rings. The van der Waals surface area contributed by atoms with Gasteiger partial charge in [0.15, 0.2) is 0 Å². The van der Waals surface area contributed by atoms with Crippen LogP contribution in [0.15, 0.2) is 0 Å². The fourth-order valence-electron chi connectivity index (χ4n) is 2.06. The Balaban J connectivity index is 0.000000581. The van der Waals surface area contributed by atoms with Crippen molar-refractivity contribution in [2.24, 2.45) is 5.41 Å². The van der Waals surface area contributed by atoms with E-state index in [0.29, 0.717) is 5.41 Å². The third-order valence-electron chi connectivity index (χ3n) is 3.07. The molecule has 1 aliphatic heterocycles. The average Bonchev–Trinajstić information content (AvgIpc) is 3.15. The summed E-state index contributed by atoms with van der Waals surface area (Å²) in [7, 11) is 1.83. The highest BCUT2D eigenvalue weighted by Crippen LogP contribution is 2.46. The topological polar surface area (TPSA) is 12.5 Å². The number of nitrogens with zero attached hydrogens (tertiary/aromatic N) is 1. The molecule has 104 valence electrons. The molecular weight excluding hydrogens is 230 g/mol. The molecule has 0 unspecified atom stereocenters. The average molecular weight is 261 g/mol. The van der Waals surface area contributed by atoms with Gasteiger partial charge in [-0.2, -0.15) is 11.8 Å². The van der Waals surface area contributed by atoms with Crippen LogP contribution in [0.25, 0.3) is 0 Å². The summed E-state index contributed by atoms with van der Waals surface area (Å²) in [6.45, 7) is 12.8. The molecule has 0 aromatic carbocycles. The van der Waals surface area contributed by atoms with Crippen LogP contribution in [0.1, 0.15) is 40.5 Å². The molecule has 1 saturated heterocycles. The maximum Gasteiger partial charge on any atom is 0.0530 e. The molecule has 0 aromatic heterocycles. The van der Waals surface area contributed by atoms with Gasteiger partial charge in [0.25, 0.3) is 0 Å². The molecule has 0 amide bonds. The van der Waals surface area contributed by atoms with Crippen molar-refractivity contribution in [3.05, 3.63) is 0 Å². The van der Waals surface area contributed by atoms with Gasteiger partial charge in [0.05, 0.1) is 6.61 Å². The van der Waals surface area contributed by atoms with Crippen LogP contribution in [-0.4, -0.2) is 49.8 Å². The maximum atomic E-state index is 5.28. The highest BCUT2D eigenvalue weighted by atomic mass is 32.2. The Bertz CT molecular complexity index is 166. The van der Waals surface area contributed by atoms with Crippen molar-refractivity contribution in [1.29, 1.82) is 0 Å². The molecule has 1 aliphatic carbocycles. The summed E-state index contributed by atoms with van der Waals surface area (Å²) in [6.07, 6.45) is 2.76. The Morgan fingerprint density at radius 2 is 1.59 bits per heavy atom. The Hall–Kier alpha value is 0.270. The zero-order valence-electron chi connectivity index (χ0n) is 12.4. The highest BCUT2D eigenvalue weighted by Gasteiger charge is 2.43. The van der Waals surface area contributed by atoms with Crippen LogP contribution in [0, 0.1) is 5.41 Å². The van der Waals surface area contributed by atoms with Gasteiger partial charge in [-0.15, -0.1) is 0 Å². The smallest absolute Gasteiger partial charge is 0.0530 e. The number of hydrogen-bond donors (Lipinski definition) is 0. The summed E-state index contributed by atoms with van der Waals surface area (Å²) < 4.78 is 5.28. The van der Waals surface area contributed by atoms with Gasteiger partial charge in [-0.25, -0.2) is 0 Å². The van der Waals surface area contributed by atoms with Gasteiger partial charge >= 0.3 is 0 Å². The molecule has 1 saturated carbocycles. The van der Waals surface area contributed by atoms with Crippen molar-refractivity contribution in [3.63, 3.8) is 0 Å². The fourth-order valence-corrected chi connectivity index (χ4v) is 3.04. The number of ether oxygens (including phenoxy) is 1. The van der Waals surface area contributed by atoms with Gasteiger partial charge in [-0.3, -0.25) is 0 Å². The molecule has 0 bridgehead atoms. The monoisotopic (exact) mass is 261 g/mol. The first kappa shape index (κ1) is 17.3. The van der Waals surface area contributed by atoms with Gasteiger partial charge in [0.2, 0.25) is 0 Å². The Labute approximate surface area is 112 Å². The molecule has 17 heavy (non-hydrogen) atoms. The third-order valence-corrected chi connectivity index (χ3v) is 4.01. The predicted octanol–water partition coefficient (Wildman–Crippen LogP) is 3.51. The lowest BCUT2D eigenvalue weighted by Crippen LogP contribution is -2.38. The second-order valence-electron chi connectivity index (χ2n) is 4.32. The highest BCUT2D eigenvalue weighted by molar-refractivity contribution is 7.99. The second-order valence-corrected chi connectivity index (χ2v) is 5.55. The van der Waals surface area contributed by atoms with Crippen LogP contribution < -0.4 is 0 Å². The summed E-state index contributed by atoms with van der Waals surface area (Å²) in [5.74, 6) is 2.64. The standard InChI is InChI=1S/C10H19NOS.2C2H6/c1-12-9-10(2-3-10)8-11-4-6-13-7-5-11;2*1-2/h2-9H2,1H3;2*1-2H3. The maximum absolute atomic E-state index is 5.28. The normalized spacial score (nSPS) is 21.7. The SMILES string of the molecule is CC.CC.COCC1(CN2CCSCC2)CC1. The summed E-state index contributed by atoms with van der Waals surface area (Å²) >= 11 is 2.09. The summed E-state index contributed by atoms with van der Waals surface area (Å²) in [5.41, 5.74) is 0.552. The van der Waals surface area contributed by atoms with Crippen molar-refractivity contribution < 1.29 is 4.74 Å². The first-order valence-electron chi connectivity index (χ1n) is 7.14. The van der Waals surface area contributed by atoms with Crippen LogP contribution in [0.2, 0.25) is 0 Å². The van der Waals surface area contributed by atoms with E-state index in [-0.39, 0.29) is 0 Å². The zero-order valence-corrected chi connectivity index (χ0v) is 13.2. The summed E-state index contributed by atoms with van der Waals surface area (Å²) in [4.78, 5) is 2.61. The van der Waals surface area contributed by atoms with Gasteiger partial charge in [-0.1, -0.05) is 27.7 Å². The Morgan fingerprint density at radius 3 is 2.00 bits per heavy atom. The molecule has 3 heteroatoms. The van der Waals surface area contributed by atoms with Crippen LogP contribution in [0.4, 0.5) is 0 Å². The van der Waals surface area contributed by atoms with E-state index in [1.54, 1.807) is 0 Å². The minimum atomic E-state index is 0.552. The van der Waals surface area contributed by atoms with Gasteiger partial charge in [0.1, 0.15) is 0 Å². The van der Waals surface area contributed by atoms with E-state index in [4.69, 9.17) is 4.74 Å². The van der Waals surface area contributed by atoms with E-state index in [1.165, 1.54) is 44.0 Å². The molecule has 1 heterocycles. The number of hydrogen-bond acceptors (Lipinski definition) is 3. The summed E-state index contributed by atoms with van der Waals surface area (Å²) in [5, 5.41) is 0. The van der Waals surface area contributed by atoms with Gasteiger partial charge in [0, 0.05) is 43.7 Å². The minimum absolute atomic E-state index is 0.552. The lowest BCUT2D eigenvalue weighted by molar-refractivity contribution is 0.111. The van der Waals surface area contributed by atoms with Crippen LogP contribution in [0.3, 0.4) is 0 Å². The Kier molecular flexibility index (Phi) is 10.4. The molecule has 2 rings (SSSR count). The first-order chi connectivity index (χ1) is 8.35. The van der Waals surface area contributed by atoms with E-state index in [9.17, 15) is 0 Å². The molecule has 0 spiro atoms. The van der Waals surface area contributed by atoms with Crippen LogP contribution >= 0.6 is 11.8 Å².